The number of ether oxygens (including phenoxy) is 1. The van der Waals surface area contributed by atoms with Crippen LogP contribution in [-0.2, 0) is 14.3 Å². The molecule has 0 bridgehead atoms. The molecule has 0 saturated carbocycles. The van der Waals surface area contributed by atoms with E-state index in [0.29, 0.717) is 39.2 Å². The van der Waals surface area contributed by atoms with Gasteiger partial charge in [0.1, 0.15) is 0 Å². The van der Waals surface area contributed by atoms with Crippen molar-refractivity contribution in [3.05, 3.63) is 0 Å². The lowest BCUT2D eigenvalue weighted by Gasteiger charge is -2.42. The molecule has 116 valence electrons. The van der Waals surface area contributed by atoms with E-state index in [9.17, 15) is 19.5 Å². The number of urea groups is 1. The number of hydrogen-bond donors (Lipinski definition) is 1. The predicted octanol–water partition coefficient (Wildman–Crippen LogP) is -0.802. The fraction of sp³-hybridized carbons (Fsp3) is 0.769. The quantitative estimate of drug-likeness (QED) is 0.684. The van der Waals surface area contributed by atoms with E-state index >= 15 is 0 Å². The van der Waals surface area contributed by atoms with Crippen LogP contribution >= 0.6 is 0 Å². The summed E-state index contributed by atoms with van der Waals surface area (Å²) in [5, 5.41) is 9.20. The molecule has 21 heavy (non-hydrogen) atoms. The molecule has 2 atom stereocenters. The highest BCUT2D eigenvalue weighted by Crippen LogP contribution is 2.24. The number of carboxylic acids is 1. The highest BCUT2D eigenvalue weighted by Gasteiger charge is 2.40. The first-order valence-electron chi connectivity index (χ1n) is 7.23. The van der Waals surface area contributed by atoms with Crippen LogP contribution in [0, 0.1) is 0 Å². The summed E-state index contributed by atoms with van der Waals surface area (Å²) in [6.45, 7) is 2.18. The molecule has 1 N–H and O–H groups in total. The molecular weight excluding hydrogens is 278 g/mol. The maximum Gasteiger partial charge on any atom is 0.328 e. The average molecular weight is 297 g/mol. The van der Waals surface area contributed by atoms with Gasteiger partial charge in [0.05, 0.1) is 13.2 Å². The summed E-state index contributed by atoms with van der Waals surface area (Å²) in [6, 6.07) is -1.10. The molecule has 0 radical (unpaired) electrons. The molecule has 8 nitrogen and oxygen atoms in total. The van der Waals surface area contributed by atoms with Gasteiger partial charge >= 0.3 is 12.0 Å². The summed E-state index contributed by atoms with van der Waals surface area (Å²) in [6.07, 6.45) is 1.32. The summed E-state index contributed by atoms with van der Waals surface area (Å²) < 4.78 is 5.15. The molecule has 0 aromatic rings. The van der Waals surface area contributed by atoms with Gasteiger partial charge in [-0.15, -0.1) is 0 Å². The van der Waals surface area contributed by atoms with Crippen molar-refractivity contribution in [1.29, 1.82) is 0 Å². The van der Waals surface area contributed by atoms with Crippen LogP contribution < -0.4 is 0 Å². The number of aliphatic carboxylic acids is 1. The van der Waals surface area contributed by atoms with Crippen LogP contribution in [0.25, 0.3) is 0 Å². The molecule has 2 unspecified atom stereocenters. The Balaban J connectivity index is 1.67. The number of carboxylic acid groups (broad SMARTS) is 1. The van der Waals surface area contributed by atoms with Crippen molar-refractivity contribution in [3.63, 3.8) is 0 Å². The maximum atomic E-state index is 12.6. The Kier molecular flexibility index (Phi) is 3.71. The van der Waals surface area contributed by atoms with Gasteiger partial charge in [-0.25, -0.2) is 9.59 Å². The number of carbonyl (C=O) groups is 3. The van der Waals surface area contributed by atoms with Crippen LogP contribution in [0.15, 0.2) is 0 Å². The van der Waals surface area contributed by atoms with Gasteiger partial charge in [0.15, 0.2) is 6.04 Å². The zero-order valence-electron chi connectivity index (χ0n) is 11.7. The van der Waals surface area contributed by atoms with Crippen molar-refractivity contribution < 1.29 is 24.2 Å². The molecule has 8 heteroatoms. The Morgan fingerprint density at radius 2 is 2.05 bits per heavy atom. The molecular formula is C13H19N3O5. The molecule has 3 rings (SSSR count). The molecule has 0 aromatic carbocycles. The Labute approximate surface area is 122 Å². The summed E-state index contributed by atoms with van der Waals surface area (Å²) >= 11 is 0. The van der Waals surface area contributed by atoms with Gasteiger partial charge in [-0.05, 0) is 6.42 Å². The molecule has 3 heterocycles. The van der Waals surface area contributed by atoms with E-state index in [1.165, 1.54) is 4.90 Å². The number of amides is 3. The van der Waals surface area contributed by atoms with Crippen LogP contribution in [0.3, 0.4) is 0 Å². The number of nitrogens with zero attached hydrogens (tertiary/aromatic N) is 3. The van der Waals surface area contributed by atoms with Crippen molar-refractivity contribution in [2.45, 2.75) is 24.9 Å². The molecule has 3 aliphatic heterocycles. The Morgan fingerprint density at radius 3 is 2.81 bits per heavy atom. The molecule has 3 saturated heterocycles. The second-order valence-electron chi connectivity index (χ2n) is 5.63. The third-order valence-electron chi connectivity index (χ3n) is 4.42. The third-order valence-corrected chi connectivity index (χ3v) is 4.42. The Morgan fingerprint density at radius 1 is 1.24 bits per heavy atom. The summed E-state index contributed by atoms with van der Waals surface area (Å²) in [7, 11) is 0. The Hall–Kier alpha value is -1.83. The van der Waals surface area contributed by atoms with Gasteiger partial charge in [-0.2, -0.15) is 0 Å². The maximum absolute atomic E-state index is 12.6. The second kappa shape index (κ2) is 5.51. The smallest absolute Gasteiger partial charge is 0.328 e. The average Bonchev–Trinajstić information content (AvgIpc) is 2.87. The second-order valence-corrected chi connectivity index (χ2v) is 5.63. The molecule has 3 amide bonds. The van der Waals surface area contributed by atoms with Crippen LogP contribution in [0.1, 0.15) is 12.8 Å². The lowest BCUT2D eigenvalue weighted by Crippen LogP contribution is -2.61. The van der Waals surface area contributed by atoms with Gasteiger partial charge in [0.2, 0.25) is 5.91 Å². The van der Waals surface area contributed by atoms with E-state index in [0.717, 1.165) is 6.42 Å². The topological polar surface area (TPSA) is 90.4 Å². The highest BCUT2D eigenvalue weighted by molar-refractivity contribution is 5.84. The van der Waals surface area contributed by atoms with Gasteiger partial charge in [-0.1, -0.05) is 0 Å². The first-order chi connectivity index (χ1) is 10.1. The minimum absolute atomic E-state index is 0.0307. The first kappa shape index (κ1) is 14.1. The number of piperazine rings is 1. The van der Waals surface area contributed by atoms with Crippen molar-refractivity contribution in [2.24, 2.45) is 0 Å². The van der Waals surface area contributed by atoms with Crippen LogP contribution in [0.2, 0.25) is 0 Å². The van der Waals surface area contributed by atoms with E-state index < -0.39 is 12.0 Å². The van der Waals surface area contributed by atoms with E-state index in [2.05, 4.69) is 0 Å². The van der Waals surface area contributed by atoms with Crippen molar-refractivity contribution in [1.82, 2.24) is 14.7 Å². The van der Waals surface area contributed by atoms with Crippen molar-refractivity contribution in [2.75, 3.05) is 39.4 Å². The van der Waals surface area contributed by atoms with E-state index in [-0.39, 0.29) is 24.6 Å². The first-order valence-corrected chi connectivity index (χ1v) is 7.23. The molecule has 3 aliphatic rings. The number of morpholine rings is 1. The third kappa shape index (κ3) is 2.55. The lowest BCUT2D eigenvalue weighted by atomic mass is 10.1. The number of hydrogen-bond acceptors (Lipinski definition) is 4. The van der Waals surface area contributed by atoms with E-state index in [4.69, 9.17) is 4.74 Å². The van der Waals surface area contributed by atoms with Crippen molar-refractivity contribution in [3.8, 4) is 0 Å². The summed E-state index contributed by atoms with van der Waals surface area (Å²) in [5.74, 6) is -0.889. The highest BCUT2D eigenvalue weighted by atomic mass is 16.5. The zero-order valence-corrected chi connectivity index (χ0v) is 11.7. The van der Waals surface area contributed by atoms with Crippen LogP contribution in [-0.4, -0.2) is 89.2 Å². The number of carbonyl (C=O) groups excluding carboxylic acids is 2. The largest absolute Gasteiger partial charge is 0.480 e. The van der Waals surface area contributed by atoms with E-state index in [1.54, 1.807) is 4.90 Å². The predicted molar refractivity (Wildman–Crippen MR) is 70.7 cm³/mol. The van der Waals surface area contributed by atoms with Crippen molar-refractivity contribution >= 4 is 17.9 Å². The monoisotopic (exact) mass is 297 g/mol. The van der Waals surface area contributed by atoms with Crippen LogP contribution in [0.4, 0.5) is 4.79 Å². The van der Waals surface area contributed by atoms with Gasteiger partial charge in [0, 0.05) is 38.6 Å². The molecule has 0 aliphatic carbocycles. The minimum Gasteiger partial charge on any atom is -0.480 e. The Bertz CT molecular complexity index is 469. The lowest BCUT2D eigenvalue weighted by molar-refractivity contribution is -0.147. The standard InChI is InChI=1S/C13H19N3O5/c17-11-2-1-9-7-14(3-4-15(9)11)13(20)16-5-6-21-8-10(16)12(18)19/h9-10H,1-8H2,(H,18,19). The normalized spacial score (nSPS) is 29.5. The fourth-order valence-electron chi connectivity index (χ4n) is 3.26. The molecule has 3 fully saturated rings. The zero-order chi connectivity index (χ0) is 15.0. The molecule has 0 spiro atoms. The van der Waals surface area contributed by atoms with Gasteiger partial charge < -0.3 is 24.5 Å². The summed E-state index contributed by atoms with van der Waals surface area (Å²) in [4.78, 5) is 40.3. The van der Waals surface area contributed by atoms with Crippen LogP contribution in [0.5, 0.6) is 0 Å². The summed E-state index contributed by atoms with van der Waals surface area (Å²) in [5.41, 5.74) is 0. The SMILES string of the molecule is O=C(O)C1COCCN1C(=O)N1CCN2C(=O)CCC2C1. The van der Waals surface area contributed by atoms with Gasteiger partial charge in [0.25, 0.3) is 0 Å². The van der Waals surface area contributed by atoms with E-state index in [1.807, 2.05) is 4.90 Å². The number of rotatable bonds is 1. The number of fused-ring (bicyclic) bond motifs is 1. The minimum atomic E-state index is -1.04. The molecule has 0 aromatic heterocycles. The fourth-order valence-corrected chi connectivity index (χ4v) is 3.26. The van der Waals surface area contributed by atoms with Gasteiger partial charge in [-0.3, -0.25) is 4.79 Å².